The first-order valence-electron chi connectivity index (χ1n) is 12.4. The van der Waals surface area contributed by atoms with E-state index in [0.717, 1.165) is 49.7 Å². The number of carbonyl (C=O) groups excluding carboxylic acids is 1. The van der Waals surface area contributed by atoms with Gasteiger partial charge in [0.25, 0.3) is 15.9 Å². The molecule has 0 aromatic carbocycles. The van der Waals surface area contributed by atoms with Gasteiger partial charge in [-0.05, 0) is 49.0 Å². The van der Waals surface area contributed by atoms with Crippen LogP contribution in [0.1, 0.15) is 64.9 Å². The molecular weight excluding hydrogens is 522 g/mol. The molecule has 1 fully saturated rings. The van der Waals surface area contributed by atoms with E-state index in [4.69, 9.17) is 0 Å². The number of aryl methyl sites for hydroxylation is 1. The van der Waals surface area contributed by atoms with Crippen LogP contribution in [0.2, 0.25) is 0 Å². The Morgan fingerprint density at radius 1 is 1.31 bits per heavy atom. The van der Waals surface area contributed by atoms with Crippen LogP contribution in [0.25, 0.3) is 0 Å². The molecule has 1 amide bonds. The summed E-state index contributed by atoms with van der Waals surface area (Å²) in [4.78, 5) is 15.5. The number of hydrogen-bond donors (Lipinski definition) is 2. The fourth-order valence-electron chi connectivity index (χ4n) is 5.22. The lowest BCUT2D eigenvalue weighted by atomic mass is 9.76. The van der Waals surface area contributed by atoms with E-state index in [2.05, 4.69) is 23.6 Å². The number of aliphatic hydroxyl groups excluding tert-OH is 1. The maximum Gasteiger partial charge on any atom is 0.287 e. The summed E-state index contributed by atoms with van der Waals surface area (Å²) in [5.41, 5.74) is -0.432. The number of sulfonamides is 1. The highest BCUT2D eigenvalue weighted by atomic mass is 32.2. The van der Waals surface area contributed by atoms with Crippen LogP contribution < -0.4 is 5.32 Å². The van der Waals surface area contributed by atoms with Gasteiger partial charge in [0.15, 0.2) is 5.84 Å². The molecule has 12 heteroatoms. The summed E-state index contributed by atoms with van der Waals surface area (Å²) in [6, 6.07) is 0.0552. The summed E-state index contributed by atoms with van der Waals surface area (Å²) in [5.74, 6) is -0.474. The summed E-state index contributed by atoms with van der Waals surface area (Å²) in [6.45, 7) is 6.52. The van der Waals surface area contributed by atoms with Crippen LogP contribution in [-0.2, 0) is 31.1 Å². The Balaban J connectivity index is 1.75. The van der Waals surface area contributed by atoms with Gasteiger partial charge in [0, 0.05) is 24.3 Å². The fourth-order valence-corrected chi connectivity index (χ4v) is 8.48. The Kier molecular flexibility index (Phi) is 7.35. The predicted molar refractivity (Wildman–Crippen MR) is 142 cm³/mol. The second kappa shape index (κ2) is 9.75. The van der Waals surface area contributed by atoms with Crippen molar-refractivity contribution in [2.45, 2.75) is 76.7 Å². The quantitative estimate of drug-likeness (QED) is 0.495. The number of hydrogen-bond acceptors (Lipinski definition) is 8. The van der Waals surface area contributed by atoms with E-state index in [1.54, 1.807) is 10.3 Å². The standard InChI is InChI=1S/C24H35N3O6S3/c1-15(2)9-11-24(3)14-27(17-7-5-6-8-17)23(29)18(20(24)28)21-25-22-19(36(32,33)26-21)16(13-34-22)10-12-35(4,30)31/h13,15,17,28H,5-12,14H2,1-4H3,(H,25,26). The maximum absolute atomic E-state index is 13.7. The minimum absolute atomic E-state index is 0.0477. The molecule has 36 heavy (non-hydrogen) atoms. The zero-order valence-corrected chi connectivity index (χ0v) is 23.7. The molecule has 0 bridgehead atoms. The third kappa shape index (κ3) is 5.35. The van der Waals surface area contributed by atoms with Crippen LogP contribution in [0.5, 0.6) is 0 Å². The first-order chi connectivity index (χ1) is 16.7. The molecule has 1 unspecified atom stereocenters. The van der Waals surface area contributed by atoms with Gasteiger partial charge in [0.1, 0.15) is 31.1 Å². The van der Waals surface area contributed by atoms with Crippen LogP contribution in [0.4, 0.5) is 5.00 Å². The Bertz CT molecular complexity index is 1320. The number of rotatable bonds is 8. The summed E-state index contributed by atoms with van der Waals surface area (Å²) in [7, 11) is -7.50. The number of sulfone groups is 1. The van der Waals surface area contributed by atoms with Crippen molar-refractivity contribution in [3.05, 3.63) is 22.3 Å². The van der Waals surface area contributed by atoms with Gasteiger partial charge in [0.05, 0.1) is 5.75 Å². The highest BCUT2D eigenvalue weighted by Gasteiger charge is 2.47. The molecule has 1 saturated carbocycles. The minimum Gasteiger partial charge on any atom is -0.511 e. The monoisotopic (exact) mass is 557 g/mol. The van der Waals surface area contributed by atoms with Gasteiger partial charge in [0.2, 0.25) is 0 Å². The van der Waals surface area contributed by atoms with E-state index in [-0.39, 0.29) is 45.3 Å². The van der Waals surface area contributed by atoms with E-state index < -0.39 is 31.2 Å². The lowest BCUT2D eigenvalue weighted by molar-refractivity contribution is -0.132. The number of nitrogens with one attached hydrogen (secondary N) is 1. The normalized spacial score (nSPS) is 24.8. The minimum atomic E-state index is -4.22. The molecular formula is C24H35N3O6S3. The summed E-state index contributed by atoms with van der Waals surface area (Å²) in [5, 5.41) is 16.3. The third-order valence-corrected chi connectivity index (χ3v) is 10.8. The number of fused-ring (bicyclic) bond motifs is 1. The average molecular weight is 558 g/mol. The zero-order valence-electron chi connectivity index (χ0n) is 21.2. The molecule has 1 aromatic rings. The van der Waals surface area contributed by atoms with Gasteiger partial charge < -0.3 is 15.3 Å². The molecule has 0 saturated heterocycles. The van der Waals surface area contributed by atoms with E-state index in [1.165, 1.54) is 0 Å². The van der Waals surface area contributed by atoms with Crippen molar-refractivity contribution in [1.29, 1.82) is 0 Å². The van der Waals surface area contributed by atoms with Crippen LogP contribution in [-0.4, -0.2) is 63.2 Å². The molecule has 2 N–H and O–H groups in total. The van der Waals surface area contributed by atoms with Crippen molar-refractivity contribution in [2.24, 2.45) is 15.7 Å². The van der Waals surface area contributed by atoms with Crippen molar-refractivity contribution in [3.63, 3.8) is 0 Å². The van der Waals surface area contributed by atoms with Gasteiger partial charge in [-0.25, -0.2) is 8.42 Å². The van der Waals surface area contributed by atoms with Gasteiger partial charge in [-0.3, -0.25) is 4.79 Å². The van der Waals surface area contributed by atoms with Crippen molar-refractivity contribution < 1.29 is 26.7 Å². The van der Waals surface area contributed by atoms with Crippen molar-refractivity contribution >= 4 is 47.9 Å². The lowest BCUT2D eigenvalue weighted by Gasteiger charge is -2.44. The molecule has 200 valence electrons. The molecule has 1 aliphatic carbocycles. The van der Waals surface area contributed by atoms with Gasteiger partial charge in [-0.15, -0.1) is 15.7 Å². The number of amides is 1. The summed E-state index contributed by atoms with van der Waals surface area (Å²) in [6.07, 6.45) is 6.48. The molecule has 0 spiro atoms. The summed E-state index contributed by atoms with van der Waals surface area (Å²) < 4.78 is 53.7. The largest absolute Gasteiger partial charge is 0.511 e. The second-order valence-corrected chi connectivity index (χ2v) is 15.6. The number of amidine groups is 1. The highest BCUT2D eigenvalue weighted by molar-refractivity contribution is 7.91. The predicted octanol–water partition coefficient (Wildman–Crippen LogP) is 3.89. The first kappa shape index (κ1) is 27.1. The maximum atomic E-state index is 13.7. The first-order valence-corrected chi connectivity index (χ1v) is 16.7. The zero-order chi connectivity index (χ0) is 26.5. The van der Waals surface area contributed by atoms with Crippen molar-refractivity contribution in [1.82, 2.24) is 4.90 Å². The number of thiophene rings is 1. The fraction of sp³-hybridized carbons (Fsp3) is 0.667. The molecule has 3 aliphatic rings. The molecule has 2 aliphatic heterocycles. The molecule has 9 nitrogen and oxygen atoms in total. The van der Waals surface area contributed by atoms with E-state index in [1.807, 2.05) is 6.92 Å². The average Bonchev–Trinajstić information content (AvgIpc) is 3.43. The number of nitrogens with zero attached hydrogens (tertiary/aromatic N) is 2. The van der Waals surface area contributed by atoms with Gasteiger partial charge in [-0.1, -0.05) is 33.6 Å². The van der Waals surface area contributed by atoms with E-state index in [0.29, 0.717) is 24.4 Å². The van der Waals surface area contributed by atoms with Crippen molar-refractivity contribution in [2.75, 3.05) is 23.9 Å². The number of anilines is 1. The van der Waals surface area contributed by atoms with Crippen LogP contribution in [0.3, 0.4) is 0 Å². The molecule has 4 rings (SSSR count). The molecule has 1 aromatic heterocycles. The van der Waals surface area contributed by atoms with Crippen LogP contribution in [0, 0.1) is 11.3 Å². The molecule has 3 heterocycles. The van der Waals surface area contributed by atoms with Gasteiger partial charge >= 0.3 is 0 Å². The second-order valence-electron chi connectivity index (χ2n) is 10.9. The Hall–Kier alpha value is -1.92. The van der Waals surface area contributed by atoms with Crippen molar-refractivity contribution in [3.8, 4) is 0 Å². The molecule has 1 atom stereocenters. The Labute approximate surface area is 217 Å². The smallest absolute Gasteiger partial charge is 0.287 e. The number of aliphatic hydroxyl groups is 1. The van der Waals surface area contributed by atoms with Gasteiger partial charge in [-0.2, -0.15) is 8.42 Å². The molecule has 0 radical (unpaired) electrons. The Morgan fingerprint density at radius 2 is 1.97 bits per heavy atom. The third-order valence-electron chi connectivity index (χ3n) is 7.34. The lowest BCUT2D eigenvalue weighted by Crippen LogP contribution is -2.53. The van der Waals surface area contributed by atoms with E-state index >= 15 is 0 Å². The SMILES string of the molecule is CC(C)CCC1(C)CN(C2CCCC2)C(=O)C(C2=NS(=O)(=O)c3c(CCS(C)(=O)=O)csc3N2)=C1O. The van der Waals surface area contributed by atoms with E-state index in [9.17, 15) is 26.7 Å². The topological polar surface area (TPSA) is 133 Å². The summed E-state index contributed by atoms with van der Waals surface area (Å²) >= 11 is 1.12. The highest BCUT2D eigenvalue weighted by Crippen LogP contribution is 2.44. The Morgan fingerprint density at radius 3 is 2.58 bits per heavy atom. The number of carbonyl (C=O) groups is 1. The van der Waals surface area contributed by atoms with Crippen LogP contribution >= 0.6 is 11.3 Å². The van der Waals surface area contributed by atoms with Crippen LogP contribution in [0.15, 0.2) is 26.0 Å².